The van der Waals surface area contributed by atoms with Gasteiger partial charge in [0.05, 0.1) is 12.5 Å². The van der Waals surface area contributed by atoms with Crippen LogP contribution in [0, 0.1) is 12.8 Å². The van der Waals surface area contributed by atoms with Crippen LogP contribution in [0.15, 0.2) is 24.3 Å². The molecule has 0 heterocycles. The standard InChI is InChI=1S/C19H31N3O2/c1-4-6-9-15(5-2)13-21-18(23)12-17(22-19(20)24)16-10-7-8-14(3)11-16/h7-8,10-11,15,17H,4-6,9,12-13H2,1-3H3,(H,21,23)(H3,20,22,24)/t15-,17-/m1/s1. The fourth-order valence-electron chi connectivity index (χ4n) is 2.77. The number of nitrogens with one attached hydrogen (secondary N) is 2. The lowest BCUT2D eigenvalue weighted by Crippen LogP contribution is -2.37. The Morgan fingerprint density at radius 1 is 1.25 bits per heavy atom. The molecule has 0 aliphatic heterocycles. The number of nitrogens with two attached hydrogens (primary N) is 1. The van der Waals surface area contributed by atoms with Crippen LogP contribution in [0.5, 0.6) is 0 Å². The van der Waals surface area contributed by atoms with Gasteiger partial charge in [0.2, 0.25) is 5.91 Å². The normalized spacial score (nSPS) is 13.1. The number of amides is 3. The predicted octanol–water partition coefficient (Wildman–Crippen LogP) is 3.43. The molecule has 4 N–H and O–H groups in total. The van der Waals surface area contributed by atoms with E-state index in [0.717, 1.165) is 24.0 Å². The first-order chi connectivity index (χ1) is 11.5. The van der Waals surface area contributed by atoms with Crippen LogP contribution in [-0.4, -0.2) is 18.5 Å². The molecule has 0 unspecified atom stereocenters. The number of aryl methyl sites for hydroxylation is 1. The van der Waals surface area contributed by atoms with Gasteiger partial charge in [-0.2, -0.15) is 0 Å². The molecule has 1 aromatic rings. The molecule has 0 spiro atoms. The Balaban J connectivity index is 2.62. The minimum atomic E-state index is -0.622. The van der Waals surface area contributed by atoms with Crippen LogP contribution in [0.25, 0.3) is 0 Å². The summed E-state index contributed by atoms with van der Waals surface area (Å²) in [6.07, 6.45) is 4.73. The summed E-state index contributed by atoms with van der Waals surface area (Å²) < 4.78 is 0. The van der Waals surface area contributed by atoms with Gasteiger partial charge in [-0.3, -0.25) is 4.79 Å². The molecule has 0 saturated heterocycles. The maximum Gasteiger partial charge on any atom is 0.312 e. The maximum atomic E-state index is 12.3. The van der Waals surface area contributed by atoms with Crippen LogP contribution in [0.3, 0.4) is 0 Å². The SMILES string of the molecule is CCCC[C@@H](CC)CNC(=O)C[C@@H](NC(N)=O)c1cccc(C)c1. The molecule has 134 valence electrons. The molecule has 2 atom stereocenters. The smallest absolute Gasteiger partial charge is 0.312 e. The molecule has 3 amide bonds. The van der Waals surface area contributed by atoms with Gasteiger partial charge < -0.3 is 16.4 Å². The third kappa shape index (κ3) is 7.49. The van der Waals surface area contributed by atoms with Gasteiger partial charge in [0.15, 0.2) is 0 Å². The fourth-order valence-corrected chi connectivity index (χ4v) is 2.77. The predicted molar refractivity (Wildman–Crippen MR) is 97.6 cm³/mol. The third-order valence-corrected chi connectivity index (χ3v) is 4.28. The lowest BCUT2D eigenvalue weighted by Gasteiger charge is -2.20. The van der Waals surface area contributed by atoms with E-state index in [4.69, 9.17) is 5.73 Å². The quantitative estimate of drug-likeness (QED) is 0.613. The van der Waals surface area contributed by atoms with E-state index in [1.165, 1.54) is 12.8 Å². The highest BCUT2D eigenvalue weighted by atomic mass is 16.2. The van der Waals surface area contributed by atoms with Gasteiger partial charge in [0, 0.05) is 6.54 Å². The minimum absolute atomic E-state index is 0.0646. The minimum Gasteiger partial charge on any atom is -0.356 e. The number of hydrogen-bond acceptors (Lipinski definition) is 2. The summed E-state index contributed by atoms with van der Waals surface area (Å²) in [6.45, 7) is 6.99. The summed E-state index contributed by atoms with van der Waals surface area (Å²) >= 11 is 0. The van der Waals surface area contributed by atoms with E-state index < -0.39 is 12.1 Å². The topological polar surface area (TPSA) is 84.2 Å². The first-order valence-electron chi connectivity index (χ1n) is 8.85. The second kappa shape index (κ2) is 10.7. The van der Waals surface area contributed by atoms with E-state index in [0.29, 0.717) is 12.5 Å². The van der Waals surface area contributed by atoms with Gasteiger partial charge >= 0.3 is 6.03 Å². The number of carbonyl (C=O) groups is 2. The molecule has 0 saturated carbocycles. The Labute approximate surface area is 145 Å². The second-order valence-electron chi connectivity index (χ2n) is 6.40. The maximum absolute atomic E-state index is 12.3. The lowest BCUT2D eigenvalue weighted by molar-refractivity contribution is -0.121. The lowest BCUT2D eigenvalue weighted by atomic mass is 9.98. The number of unbranched alkanes of at least 4 members (excludes halogenated alkanes) is 1. The van der Waals surface area contributed by atoms with Crippen molar-refractivity contribution in [2.75, 3.05) is 6.54 Å². The largest absolute Gasteiger partial charge is 0.356 e. The monoisotopic (exact) mass is 333 g/mol. The molecule has 0 bridgehead atoms. The van der Waals surface area contributed by atoms with Gasteiger partial charge in [0.1, 0.15) is 0 Å². The summed E-state index contributed by atoms with van der Waals surface area (Å²) in [7, 11) is 0. The number of primary amides is 1. The van der Waals surface area contributed by atoms with Gasteiger partial charge in [-0.15, -0.1) is 0 Å². The van der Waals surface area contributed by atoms with E-state index in [2.05, 4.69) is 24.5 Å². The van der Waals surface area contributed by atoms with E-state index in [-0.39, 0.29) is 12.3 Å². The van der Waals surface area contributed by atoms with Crippen molar-refractivity contribution in [1.29, 1.82) is 0 Å². The van der Waals surface area contributed by atoms with Crippen molar-refractivity contribution in [3.8, 4) is 0 Å². The Morgan fingerprint density at radius 2 is 2.00 bits per heavy atom. The molecule has 24 heavy (non-hydrogen) atoms. The zero-order chi connectivity index (χ0) is 17.9. The highest BCUT2D eigenvalue weighted by molar-refractivity contribution is 5.78. The number of carbonyl (C=O) groups excluding carboxylic acids is 2. The molecule has 0 fully saturated rings. The first kappa shape index (κ1) is 20.0. The average Bonchev–Trinajstić information content (AvgIpc) is 2.54. The molecule has 0 aliphatic rings. The highest BCUT2D eigenvalue weighted by Crippen LogP contribution is 2.18. The Bertz CT molecular complexity index is 531. The van der Waals surface area contributed by atoms with Gasteiger partial charge in [-0.25, -0.2) is 4.79 Å². The number of benzene rings is 1. The van der Waals surface area contributed by atoms with Gasteiger partial charge in [-0.05, 0) is 24.8 Å². The Kier molecular flexibility index (Phi) is 8.90. The van der Waals surface area contributed by atoms with Crippen LogP contribution < -0.4 is 16.4 Å². The van der Waals surface area contributed by atoms with Crippen molar-refractivity contribution in [2.45, 2.75) is 58.9 Å². The first-order valence-corrected chi connectivity index (χ1v) is 8.85. The molecule has 0 aliphatic carbocycles. The summed E-state index contributed by atoms with van der Waals surface area (Å²) in [5.41, 5.74) is 7.23. The van der Waals surface area contributed by atoms with Crippen LogP contribution >= 0.6 is 0 Å². The number of rotatable bonds is 10. The van der Waals surface area contributed by atoms with E-state index in [9.17, 15) is 9.59 Å². The van der Waals surface area contributed by atoms with E-state index >= 15 is 0 Å². The number of urea groups is 1. The summed E-state index contributed by atoms with van der Waals surface area (Å²) in [4.78, 5) is 23.5. The molecular formula is C19H31N3O2. The van der Waals surface area contributed by atoms with Crippen LogP contribution in [-0.2, 0) is 4.79 Å². The van der Waals surface area contributed by atoms with Crippen molar-refractivity contribution in [2.24, 2.45) is 11.7 Å². The van der Waals surface area contributed by atoms with Crippen LogP contribution in [0.4, 0.5) is 4.79 Å². The third-order valence-electron chi connectivity index (χ3n) is 4.28. The second-order valence-corrected chi connectivity index (χ2v) is 6.40. The summed E-state index contributed by atoms with van der Waals surface area (Å²) in [5.74, 6) is 0.445. The summed E-state index contributed by atoms with van der Waals surface area (Å²) in [5, 5.41) is 5.67. The number of hydrogen-bond donors (Lipinski definition) is 3. The molecule has 5 heteroatoms. The molecular weight excluding hydrogens is 302 g/mol. The molecule has 0 radical (unpaired) electrons. The average molecular weight is 333 g/mol. The molecule has 0 aromatic heterocycles. The van der Waals surface area contributed by atoms with Crippen LogP contribution in [0.2, 0.25) is 0 Å². The van der Waals surface area contributed by atoms with Crippen molar-refractivity contribution in [1.82, 2.24) is 10.6 Å². The Hall–Kier alpha value is -2.04. The zero-order valence-corrected chi connectivity index (χ0v) is 15.1. The van der Waals surface area contributed by atoms with Crippen molar-refractivity contribution in [3.63, 3.8) is 0 Å². The van der Waals surface area contributed by atoms with E-state index in [1.54, 1.807) is 0 Å². The van der Waals surface area contributed by atoms with E-state index in [1.807, 2.05) is 31.2 Å². The zero-order valence-electron chi connectivity index (χ0n) is 15.1. The van der Waals surface area contributed by atoms with Crippen molar-refractivity contribution >= 4 is 11.9 Å². The van der Waals surface area contributed by atoms with Crippen LogP contribution in [0.1, 0.15) is 63.1 Å². The van der Waals surface area contributed by atoms with Gasteiger partial charge in [0.25, 0.3) is 0 Å². The summed E-state index contributed by atoms with van der Waals surface area (Å²) in [6, 6.07) is 6.73. The molecule has 1 rings (SSSR count). The fraction of sp³-hybridized carbons (Fsp3) is 0.579. The molecule has 5 nitrogen and oxygen atoms in total. The van der Waals surface area contributed by atoms with Crippen molar-refractivity contribution < 1.29 is 9.59 Å². The highest BCUT2D eigenvalue weighted by Gasteiger charge is 2.18. The Morgan fingerprint density at radius 3 is 2.58 bits per heavy atom. The van der Waals surface area contributed by atoms with Gasteiger partial charge in [-0.1, -0.05) is 62.9 Å². The van der Waals surface area contributed by atoms with Crippen molar-refractivity contribution in [3.05, 3.63) is 35.4 Å². The molecule has 1 aromatic carbocycles.